The lowest BCUT2D eigenvalue weighted by Crippen LogP contribution is -2.15. The molecule has 2 aromatic carbocycles. The molecule has 5 rings (SSSR count). The Kier molecular flexibility index (Phi) is 4.69. The van der Waals surface area contributed by atoms with E-state index in [-0.39, 0.29) is 18.3 Å². The summed E-state index contributed by atoms with van der Waals surface area (Å²) in [5.74, 6) is -0.0810. The number of rotatable bonds is 4. The van der Waals surface area contributed by atoms with Gasteiger partial charge in [0.15, 0.2) is 5.58 Å². The molecule has 10 heteroatoms. The summed E-state index contributed by atoms with van der Waals surface area (Å²) < 4.78 is 6.92. The molecule has 0 atom stereocenters. The summed E-state index contributed by atoms with van der Waals surface area (Å²) >= 11 is 13.8. The highest BCUT2D eigenvalue weighted by molar-refractivity contribution is 7.15. The maximum absolute atomic E-state index is 12.5. The molecular formula is C20H13Cl2N5O2S. The fourth-order valence-electron chi connectivity index (χ4n) is 3.16. The number of carbonyl (C=O) groups is 1. The number of amides is 1. The zero-order valence-electron chi connectivity index (χ0n) is 15.5. The summed E-state index contributed by atoms with van der Waals surface area (Å²) in [6.45, 7) is 1.97. The van der Waals surface area contributed by atoms with E-state index in [1.165, 1.54) is 11.3 Å². The van der Waals surface area contributed by atoms with Crippen LogP contribution in [0.3, 0.4) is 0 Å². The minimum absolute atomic E-state index is 0.0519. The van der Waals surface area contributed by atoms with Crippen LogP contribution >= 0.6 is 34.5 Å². The second-order valence-corrected chi connectivity index (χ2v) is 8.41. The van der Waals surface area contributed by atoms with Crippen molar-refractivity contribution in [1.82, 2.24) is 19.8 Å². The molecule has 0 aliphatic heterocycles. The molecule has 0 fully saturated rings. The van der Waals surface area contributed by atoms with E-state index >= 15 is 0 Å². The Morgan fingerprint density at radius 3 is 2.97 bits per heavy atom. The molecule has 0 unspecified atom stereocenters. The number of aromatic nitrogens is 4. The van der Waals surface area contributed by atoms with Crippen molar-refractivity contribution in [3.8, 4) is 11.3 Å². The normalized spacial score (nSPS) is 11.4. The average Bonchev–Trinajstić information content (AvgIpc) is 3.38. The largest absolute Gasteiger partial charge is 0.356 e. The molecule has 5 aromatic rings. The van der Waals surface area contributed by atoms with Crippen molar-refractivity contribution in [2.45, 2.75) is 13.3 Å². The van der Waals surface area contributed by atoms with Crippen molar-refractivity contribution in [3.63, 3.8) is 0 Å². The van der Waals surface area contributed by atoms with E-state index in [4.69, 9.17) is 27.7 Å². The van der Waals surface area contributed by atoms with Crippen molar-refractivity contribution in [1.29, 1.82) is 0 Å². The van der Waals surface area contributed by atoms with E-state index < -0.39 is 0 Å². The predicted molar refractivity (Wildman–Crippen MR) is 117 cm³/mol. The maximum atomic E-state index is 12.5. The van der Waals surface area contributed by atoms with Crippen LogP contribution in [-0.4, -0.2) is 25.7 Å². The number of hydrogen-bond donors (Lipinski definition) is 1. The standard InChI is InChI=1S/C20H13Cl2N5O2S/c1-10-2-5-17-13(6-10)15(26-29-17)8-18(28)23-19-24-20-27(25-19)16(9-30-20)12-7-11(21)3-4-14(12)22/h2-7,9H,8H2,1H3,(H,23,25,28). The lowest BCUT2D eigenvalue weighted by atomic mass is 10.1. The molecule has 0 saturated heterocycles. The first-order chi connectivity index (χ1) is 14.5. The van der Waals surface area contributed by atoms with Gasteiger partial charge in [-0.2, -0.15) is 4.98 Å². The van der Waals surface area contributed by atoms with Gasteiger partial charge in [-0.3, -0.25) is 10.1 Å². The van der Waals surface area contributed by atoms with E-state index in [1.807, 2.05) is 30.5 Å². The summed E-state index contributed by atoms with van der Waals surface area (Å²) in [7, 11) is 0. The van der Waals surface area contributed by atoms with E-state index in [1.54, 1.807) is 22.7 Å². The molecule has 0 radical (unpaired) electrons. The lowest BCUT2D eigenvalue weighted by Gasteiger charge is -2.03. The van der Waals surface area contributed by atoms with E-state index in [0.29, 0.717) is 26.3 Å². The van der Waals surface area contributed by atoms with Gasteiger partial charge in [0.25, 0.3) is 0 Å². The molecule has 0 saturated carbocycles. The Labute approximate surface area is 184 Å². The van der Waals surface area contributed by atoms with Crippen LogP contribution in [-0.2, 0) is 11.2 Å². The van der Waals surface area contributed by atoms with Crippen LogP contribution in [0.4, 0.5) is 5.95 Å². The minimum atomic E-state index is -0.285. The second-order valence-electron chi connectivity index (χ2n) is 6.73. The molecule has 150 valence electrons. The van der Waals surface area contributed by atoms with Crippen LogP contribution in [0, 0.1) is 6.92 Å². The molecule has 30 heavy (non-hydrogen) atoms. The Hall–Kier alpha value is -2.94. The maximum Gasteiger partial charge on any atom is 0.250 e. The summed E-state index contributed by atoms with van der Waals surface area (Å²) in [6.07, 6.45) is 0.0519. The first-order valence-electron chi connectivity index (χ1n) is 8.92. The van der Waals surface area contributed by atoms with Gasteiger partial charge < -0.3 is 4.52 Å². The fraction of sp³-hybridized carbons (Fsp3) is 0.100. The molecule has 0 spiro atoms. The molecule has 3 heterocycles. The van der Waals surface area contributed by atoms with Gasteiger partial charge in [-0.1, -0.05) is 40.0 Å². The van der Waals surface area contributed by atoms with Crippen molar-refractivity contribution >= 4 is 62.3 Å². The van der Waals surface area contributed by atoms with Crippen LogP contribution in [0.2, 0.25) is 10.0 Å². The number of hydrogen-bond acceptors (Lipinski definition) is 6. The predicted octanol–water partition coefficient (Wildman–Crippen LogP) is 5.40. The van der Waals surface area contributed by atoms with Crippen LogP contribution in [0.1, 0.15) is 11.3 Å². The summed E-state index contributed by atoms with van der Waals surface area (Å²) in [6, 6.07) is 10.9. The lowest BCUT2D eigenvalue weighted by molar-refractivity contribution is -0.115. The summed E-state index contributed by atoms with van der Waals surface area (Å²) in [5.41, 5.74) is 3.76. The number of nitrogens with one attached hydrogen (secondary N) is 1. The Balaban J connectivity index is 1.40. The molecule has 7 nitrogen and oxygen atoms in total. The van der Waals surface area contributed by atoms with E-state index in [2.05, 4.69) is 20.6 Å². The number of benzene rings is 2. The summed E-state index contributed by atoms with van der Waals surface area (Å²) in [5, 5.41) is 15.0. The molecule has 1 amide bonds. The van der Waals surface area contributed by atoms with Gasteiger partial charge in [0.2, 0.25) is 16.8 Å². The highest BCUT2D eigenvalue weighted by Gasteiger charge is 2.17. The Morgan fingerprint density at radius 1 is 1.23 bits per heavy atom. The third-order valence-corrected chi connectivity index (χ3v) is 5.95. The molecule has 1 N–H and O–H groups in total. The highest BCUT2D eigenvalue weighted by atomic mass is 35.5. The minimum Gasteiger partial charge on any atom is -0.356 e. The van der Waals surface area contributed by atoms with Gasteiger partial charge in [0.1, 0.15) is 5.69 Å². The van der Waals surface area contributed by atoms with Crippen molar-refractivity contribution in [2.75, 3.05) is 5.32 Å². The third kappa shape index (κ3) is 3.43. The number of halogens is 2. The highest BCUT2D eigenvalue weighted by Crippen LogP contribution is 2.33. The Bertz CT molecular complexity index is 1420. The quantitative estimate of drug-likeness (QED) is 0.390. The van der Waals surface area contributed by atoms with Gasteiger partial charge >= 0.3 is 0 Å². The molecule has 0 aliphatic rings. The van der Waals surface area contributed by atoms with Crippen molar-refractivity contribution < 1.29 is 9.32 Å². The molecular weight excluding hydrogens is 445 g/mol. The number of nitrogens with zero attached hydrogens (tertiary/aromatic N) is 4. The molecule has 0 aliphatic carbocycles. The van der Waals surface area contributed by atoms with Crippen molar-refractivity contribution in [3.05, 3.63) is 63.1 Å². The van der Waals surface area contributed by atoms with Gasteiger partial charge in [-0.25, -0.2) is 4.52 Å². The number of thiazole rings is 1. The van der Waals surface area contributed by atoms with Gasteiger partial charge in [0.05, 0.1) is 17.1 Å². The fourth-order valence-corrected chi connectivity index (χ4v) is 4.37. The molecule has 0 bridgehead atoms. The van der Waals surface area contributed by atoms with E-state index in [0.717, 1.165) is 22.2 Å². The monoisotopic (exact) mass is 457 g/mol. The van der Waals surface area contributed by atoms with E-state index in [9.17, 15) is 4.79 Å². The van der Waals surface area contributed by atoms with Gasteiger partial charge in [0, 0.05) is 21.4 Å². The topological polar surface area (TPSA) is 85.3 Å². The van der Waals surface area contributed by atoms with Crippen LogP contribution in [0.15, 0.2) is 46.3 Å². The first kappa shape index (κ1) is 19.0. The van der Waals surface area contributed by atoms with Gasteiger partial charge in [-0.05, 0) is 37.3 Å². The zero-order valence-corrected chi connectivity index (χ0v) is 17.8. The third-order valence-electron chi connectivity index (χ3n) is 4.57. The van der Waals surface area contributed by atoms with Crippen LogP contribution < -0.4 is 5.32 Å². The van der Waals surface area contributed by atoms with Crippen LogP contribution in [0.5, 0.6) is 0 Å². The zero-order chi connectivity index (χ0) is 20.8. The van der Waals surface area contributed by atoms with Crippen molar-refractivity contribution in [2.24, 2.45) is 0 Å². The number of fused-ring (bicyclic) bond motifs is 2. The SMILES string of the molecule is Cc1ccc2onc(CC(=O)Nc3nc4scc(-c5cc(Cl)ccc5Cl)n4n3)c2c1. The summed E-state index contributed by atoms with van der Waals surface area (Å²) in [4.78, 5) is 17.5. The Morgan fingerprint density at radius 2 is 2.10 bits per heavy atom. The number of carbonyl (C=O) groups excluding carboxylic acids is 1. The smallest absolute Gasteiger partial charge is 0.250 e. The number of anilines is 1. The van der Waals surface area contributed by atoms with Gasteiger partial charge in [-0.15, -0.1) is 16.4 Å². The average molecular weight is 458 g/mol. The molecule has 3 aromatic heterocycles. The first-order valence-corrected chi connectivity index (χ1v) is 10.6. The van der Waals surface area contributed by atoms with Crippen LogP contribution in [0.25, 0.3) is 27.2 Å². The second kappa shape index (κ2) is 7.39. The number of aryl methyl sites for hydroxylation is 1.